The van der Waals surface area contributed by atoms with Crippen LogP contribution in [0.5, 0.6) is 0 Å². The van der Waals surface area contributed by atoms with Gasteiger partial charge < -0.3 is 10.1 Å². The number of thiophene rings is 2. The zero-order valence-corrected chi connectivity index (χ0v) is 20.7. The Bertz CT molecular complexity index is 1190. The number of esters is 1. The summed E-state index contributed by atoms with van der Waals surface area (Å²) < 4.78 is 6.03. The molecule has 2 aromatic heterocycles. The normalized spacial score (nSPS) is 16.3. The zero-order valence-electron chi connectivity index (χ0n) is 18.3. The monoisotopic (exact) mass is 475 g/mol. The SMILES string of the molecule is COC(=O)c1c(NC(=O)c2sc3cc(C)ccc3c2Cl)sc2c1CCC(C(C)(C)C)C2. The first-order valence-electron chi connectivity index (χ1n) is 10.3. The number of carbonyl (C=O) groups is 2. The number of ether oxygens (including phenoxy) is 1. The lowest BCUT2D eigenvalue weighted by Gasteiger charge is -2.33. The zero-order chi connectivity index (χ0) is 22.5. The van der Waals surface area contributed by atoms with E-state index >= 15 is 0 Å². The molecule has 1 unspecified atom stereocenters. The third-order valence-corrected chi connectivity index (χ3v) is 8.92. The Hall–Kier alpha value is -1.89. The van der Waals surface area contributed by atoms with Gasteiger partial charge in [-0.15, -0.1) is 22.7 Å². The Morgan fingerprint density at radius 3 is 2.65 bits per heavy atom. The highest BCUT2D eigenvalue weighted by Crippen LogP contribution is 2.45. The van der Waals surface area contributed by atoms with Crippen molar-refractivity contribution in [3.05, 3.63) is 49.7 Å². The van der Waals surface area contributed by atoms with E-state index in [1.54, 1.807) is 0 Å². The Labute approximate surface area is 195 Å². The van der Waals surface area contributed by atoms with Crippen LogP contribution in [0.4, 0.5) is 5.00 Å². The lowest BCUT2D eigenvalue weighted by Crippen LogP contribution is -2.26. The van der Waals surface area contributed by atoms with E-state index in [-0.39, 0.29) is 11.3 Å². The summed E-state index contributed by atoms with van der Waals surface area (Å²) >= 11 is 9.39. The van der Waals surface area contributed by atoms with Gasteiger partial charge in [-0.25, -0.2) is 4.79 Å². The summed E-state index contributed by atoms with van der Waals surface area (Å²) in [5.74, 6) is -0.159. The fourth-order valence-electron chi connectivity index (χ4n) is 4.21. The molecule has 4 nitrogen and oxygen atoms in total. The van der Waals surface area contributed by atoms with Gasteiger partial charge in [0.2, 0.25) is 0 Å². The number of amides is 1. The first kappa shape index (κ1) is 22.3. The molecule has 1 atom stereocenters. The average molecular weight is 476 g/mol. The Kier molecular flexibility index (Phi) is 5.92. The van der Waals surface area contributed by atoms with Crippen LogP contribution in [-0.4, -0.2) is 19.0 Å². The smallest absolute Gasteiger partial charge is 0.341 e. The maximum atomic E-state index is 13.2. The number of anilines is 1. The van der Waals surface area contributed by atoms with Gasteiger partial charge in [0.25, 0.3) is 5.91 Å². The van der Waals surface area contributed by atoms with Crippen LogP contribution in [0.25, 0.3) is 10.1 Å². The number of carbonyl (C=O) groups excluding carboxylic acids is 2. The average Bonchev–Trinajstić information content (AvgIpc) is 3.23. The van der Waals surface area contributed by atoms with Crippen molar-refractivity contribution in [2.45, 2.75) is 47.0 Å². The van der Waals surface area contributed by atoms with Crippen LogP contribution >= 0.6 is 34.3 Å². The summed E-state index contributed by atoms with van der Waals surface area (Å²) in [4.78, 5) is 27.4. The van der Waals surface area contributed by atoms with Gasteiger partial charge in [-0.1, -0.05) is 44.5 Å². The lowest BCUT2D eigenvalue weighted by molar-refractivity contribution is 0.0600. The molecule has 2 heterocycles. The number of halogens is 1. The predicted octanol–water partition coefficient (Wildman–Crippen LogP) is 7.11. The molecule has 0 saturated heterocycles. The molecule has 3 aromatic rings. The molecule has 164 valence electrons. The molecular weight excluding hydrogens is 450 g/mol. The van der Waals surface area contributed by atoms with Crippen molar-refractivity contribution in [2.24, 2.45) is 11.3 Å². The minimum absolute atomic E-state index is 0.194. The van der Waals surface area contributed by atoms with Crippen LogP contribution in [0.3, 0.4) is 0 Å². The van der Waals surface area contributed by atoms with E-state index in [1.165, 1.54) is 34.7 Å². The van der Waals surface area contributed by atoms with E-state index in [1.807, 2.05) is 25.1 Å². The third-order valence-electron chi connectivity index (χ3n) is 6.10. The van der Waals surface area contributed by atoms with Gasteiger partial charge >= 0.3 is 5.97 Å². The van der Waals surface area contributed by atoms with Crippen LogP contribution in [0.1, 0.15) is 63.2 Å². The first-order valence-corrected chi connectivity index (χ1v) is 12.3. The number of nitrogens with one attached hydrogen (secondary N) is 1. The molecule has 0 bridgehead atoms. The van der Waals surface area contributed by atoms with Crippen molar-refractivity contribution in [1.82, 2.24) is 0 Å². The van der Waals surface area contributed by atoms with Crippen molar-refractivity contribution < 1.29 is 14.3 Å². The second-order valence-electron chi connectivity index (χ2n) is 9.20. The van der Waals surface area contributed by atoms with Crippen LogP contribution in [0, 0.1) is 18.3 Å². The van der Waals surface area contributed by atoms with Gasteiger partial charge in [0, 0.05) is 15.0 Å². The summed E-state index contributed by atoms with van der Waals surface area (Å²) in [6.07, 6.45) is 2.75. The van der Waals surface area contributed by atoms with E-state index in [0.29, 0.717) is 26.4 Å². The van der Waals surface area contributed by atoms with Crippen LogP contribution in [0.15, 0.2) is 18.2 Å². The molecule has 0 fully saturated rings. The van der Waals surface area contributed by atoms with E-state index in [0.717, 1.165) is 40.5 Å². The molecule has 31 heavy (non-hydrogen) atoms. The van der Waals surface area contributed by atoms with E-state index < -0.39 is 5.97 Å². The van der Waals surface area contributed by atoms with E-state index in [2.05, 4.69) is 26.1 Å². The highest BCUT2D eigenvalue weighted by Gasteiger charge is 2.34. The van der Waals surface area contributed by atoms with Gasteiger partial charge in [0.05, 0.1) is 17.7 Å². The molecule has 1 N–H and O–H groups in total. The molecule has 0 spiro atoms. The van der Waals surface area contributed by atoms with Crippen molar-refractivity contribution >= 4 is 61.2 Å². The summed E-state index contributed by atoms with van der Waals surface area (Å²) in [6.45, 7) is 8.78. The topological polar surface area (TPSA) is 55.4 Å². The number of benzene rings is 1. The molecule has 1 aliphatic carbocycles. The highest BCUT2D eigenvalue weighted by atomic mass is 35.5. The molecule has 0 aliphatic heterocycles. The molecule has 1 aliphatic rings. The Balaban J connectivity index is 1.70. The number of fused-ring (bicyclic) bond motifs is 2. The van der Waals surface area contributed by atoms with E-state index in [4.69, 9.17) is 16.3 Å². The molecule has 0 radical (unpaired) electrons. The van der Waals surface area contributed by atoms with Gasteiger partial charge in [0.15, 0.2) is 0 Å². The maximum Gasteiger partial charge on any atom is 0.341 e. The van der Waals surface area contributed by atoms with Crippen molar-refractivity contribution in [3.63, 3.8) is 0 Å². The predicted molar refractivity (Wildman–Crippen MR) is 130 cm³/mol. The largest absolute Gasteiger partial charge is 0.465 e. The second kappa shape index (κ2) is 8.23. The van der Waals surface area contributed by atoms with Gasteiger partial charge in [-0.2, -0.15) is 0 Å². The molecule has 7 heteroatoms. The number of rotatable bonds is 3. The maximum absolute atomic E-state index is 13.2. The second-order valence-corrected chi connectivity index (χ2v) is 11.7. The molecular formula is C24H26ClNO3S2. The number of hydrogen-bond acceptors (Lipinski definition) is 5. The summed E-state index contributed by atoms with van der Waals surface area (Å²) in [7, 11) is 1.38. The first-order chi connectivity index (χ1) is 14.6. The van der Waals surface area contributed by atoms with Crippen LogP contribution in [-0.2, 0) is 17.6 Å². The molecule has 1 amide bonds. The Morgan fingerprint density at radius 1 is 1.23 bits per heavy atom. The van der Waals surface area contributed by atoms with Crippen molar-refractivity contribution in [2.75, 3.05) is 12.4 Å². The minimum Gasteiger partial charge on any atom is -0.465 e. The van der Waals surface area contributed by atoms with E-state index in [9.17, 15) is 9.59 Å². The number of hydrogen-bond donors (Lipinski definition) is 1. The summed E-state index contributed by atoms with van der Waals surface area (Å²) in [5.41, 5.74) is 2.82. The fraction of sp³-hybridized carbons (Fsp3) is 0.417. The van der Waals surface area contributed by atoms with Gasteiger partial charge in [0.1, 0.15) is 9.88 Å². The number of methoxy groups -OCH3 is 1. The van der Waals surface area contributed by atoms with Crippen molar-refractivity contribution in [3.8, 4) is 0 Å². The fourth-order valence-corrected chi connectivity index (χ4v) is 7.03. The summed E-state index contributed by atoms with van der Waals surface area (Å²) in [5, 5.41) is 4.85. The number of aryl methyl sites for hydroxylation is 1. The molecule has 4 rings (SSSR count). The van der Waals surface area contributed by atoms with Gasteiger partial charge in [-0.05, 0) is 54.7 Å². The van der Waals surface area contributed by atoms with Crippen molar-refractivity contribution in [1.29, 1.82) is 0 Å². The highest BCUT2D eigenvalue weighted by molar-refractivity contribution is 7.22. The molecule has 1 aromatic carbocycles. The van der Waals surface area contributed by atoms with Crippen LogP contribution < -0.4 is 5.32 Å². The molecule has 0 saturated carbocycles. The quantitative estimate of drug-likeness (QED) is 0.410. The Morgan fingerprint density at radius 2 is 1.97 bits per heavy atom. The van der Waals surface area contributed by atoms with Crippen LogP contribution in [0.2, 0.25) is 5.02 Å². The third kappa shape index (κ3) is 4.13. The lowest BCUT2D eigenvalue weighted by atomic mass is 9.72. The summed E-state index contributed by atoms with van der Waals surface area (Å²) in [6, 6.07) is 5.95. The minimum atomic E-state index is -0.403. The standard InChI is InChI=1S/C24H26ClNO3S2/c1-12-6-8-15-16(10-12)30-20(19(15)25)21(27)26-22-18(23(28)29-5)14-9-7-13(24(2,3)4)11-17(14)31-22/h6,8,10,13H,7,9,11H2,1-5H3,(H,26,27). The van der Waals surface area contributed by atoms with Gasteiger partial charge in [-0.3, -0.25) is 4.79 Å².